The van der Waals surface area contributed by atoms with Crippen LogP contribution in [0.4, 0.5) is 0 Å². The lowest BCUT2D eigenvalue weighted by Crippen LogP contribution is -2.19. The van der Waals surface area contributed by atoms with Crippen molar-refractivity contribution < 1.29 is 14.3 Å². The van der Waals surface area contributed by atoms with E-state index in [1.54, 1.807) is 0 Å². The minimum absolute atomic E-state index is 0.163. The molecule has 4 nitrogen and oxygen atoms in total. The molecular weight excluding hydrogens is 326 g/mol. The molecule has 0 radical (unpaired) electrons. The average molecular weight is 349 g/mol. The van der Waals surface area contributed by atoms with Crippen molar-refractivity contribution in [2.75, 3.05) is 7.11 Å². The first kappa shape index (κ1) is 17.9. The maximum atomic E-state index is 12.0. The molecule has 1 atom stereocenters. The first-order valence-corrected chi connectivity index (χ1v) is 8.73. The summed E-state index contributed by atoms with van der Waals surface area (Å²) in [6.45, 7) is 4.42. The van der Waals surface area contributed by atoms with Gasteiger partial charge in [-0.25, -0.2) is 4.98 Å². The molecule has 0 aliphatic rings. The summed E-state index contributed by atoms with van der Waals surface area (Å²) in [4.78, 5) is 16.6. The molecule has 0 saturated carbocycles. The number of aromatic nitrogens is 1. The van der Waals surface area contributed by atoms with Crippen molar-refractivity contribution >= 4 is 16.9 Å². The van der Waals surface area contributed by atoms with Gasteiger partial charge in [0.15, 0.2) is 0 Å². The molecule has 0 N–H and O–H groups in total. The molecule has 4 heteroatoms. The van der Waals surface area contributed by atoms with E-state index in [4.69, 9.17) is 9.47 Å². The van der Waals surface area contributed by atoms with Crippen molar-refractivity contribution in [1.82, 2.24) is 4.98 Å². The second-order valence-corrected chi connectivity index (χ2v) is 6.60. The Balaban J connectivity index is 1.69. The number of hydrogen-bond donors (Lipinski definition) is 0. The summed E-state index contributed by atoms with van der Waals surface area (Å²) in [5, 5.41) is 1.11. The molecule has 0 bridgehead atoms. The Morgan fingerprint density at radius 2 is 1.73 bits per heavy atom. The number of para-hydroxylation sites is 1. The van der Waals surface area contributed by atoms with Crippen molar-refractivity contribution in [3.05, 3.63) is 71.9 Å². The van der Waals surface area contributed by atoms with Crippen molar-refractivity contribution in [1.29, 1.82) is 0 Å². The Kier molecular flexibility index (Phi) is 5.52. The van der Waals surface area contributed by atoms with Gasteiger partial charge in [0.25, 0.3) is 0 Å². The molecule has 0 aliphatic heterocycles. The minimum Gasteiger partial charge on any atom is -0.487 e. The third kappa shape index (κ3) is 4.02. The zero-order valence-electron chi connectivity index (χ0n) is 15.3. The third-order valence-electron chi connectivity index (χ3n) is 4.40. The van der Waals surface area contributed by atoms with E-state index in [9.17, 15) is 4.79 Å². The Bertz CT molecular complexity index is 887. The van der Waals surface area contributed by atoms with Gasteiger partial charge in [-0.15, -0.1) is 0 Å². The van der Waals surface area contributed by atoms with Gasteiger partial charge in [-0.2, -0.15) is 0 Å². The molecule has 3 aromatic rings. The van der Waals surface area contributed by atoms with Gasteiger partial charge in [-0.3, -0.25) is 4.79 Å². The molecule has 1 aromatic heterocycles. The molecule has 0 amide bonds. The standard InChI is InChI=1S/C22H23NO3/c1-15(2)21(22(24)25-3)17-9-12-19(13-10-17)26-14-18-11-8-16-6-4-5-7-20(16)23-18/h4-13,15,21H,14H2,1-3H3. The first-order chi connectivity index (χ1) is 12.6. The molecule has 2 aromatic carbocycles. The van der Waals surface area contributed by atoms with Crippen LogP contribution in [-0.2, 0) is 16.1 Å². The predicted octanol–water partition coefficient (Wildman–Crippen LogP) is 4.73. The zero-order chi connectivity index (χ0) is 18.5. The number of benzene rings is 2. The number of carbonyl (C=O) groups excluding carboxylic acids is 1. The molecular formula is C22H23NO3. The molecule has 1 heterocycles. The van der Waals surface area contributed by atoms with E-state index in [1.165, 1.54) is 7.11 Å². The highest BCUT2D eigenvalue weighted by molar-refractivity contribution is 5.79. The van der Waals surface area contributed by atoms with Crippen LogP contribution in [0.5, 0.6) is 5.75 Å². The molecule has 0 saturated heterocycles. The SMILES string of the molecule is COC(=O)C(c1ccc(OCc2ccc3ccccc3n2)cc1)C(C)C. The van der Waals surface area contributed by atoms with Gasteiger partial charge >= 0.3 is 5.97 Å². The molecule has 0 aliphatic carbocycles. The lowest BCUT2D eigenvalue weighted by molar-refractivity contribution is -0.143. The number of carbonyl (C=O) groups is 1. The molecule has 3 rings (SSSR count). The maximum Gasteiger partial charge on any atom is 0.313 e. The Morgan fingerprint density at radius 3 is 2.42 bits per heavy atom. The number of esters is 1. The van der Waals surface area contributed by atoms with E-state index < -0.39 is 0 Å². The van der Waals surface area contributed by atoms with Gasteiger partial charge in [-0.05, 0) is 35.7 Å². The van der Waals surface area contributed by atoms with Crippen LogP contribution in [0.2, 0.25) is 0 Å². The number of ether oxygens (including phenoxy) is 2. The lowest BCUT2D eigenvalue weighted by Gasteiger charge is -2.19. The number of fused-ring (bicyclic) bond motifs is 1. The van der Waals surface area contributed by atoms with Crippen molar-refractivity contribution in [3.8, 4) is 5.75 Å². The second-order valence-electron chi connectivity index (χ2n) is 6.60. The fourth-order valence-corrected chi connectivity index (χ4v) is 3.04. The van der Waals surface area contributed by atoms with Gasteiger partial charge in [0.05, 0.1) is 24.2 Å². The van der Waals surface area contributed by atoms with Gasteiger partial charge in [0.2, 0.25) is 0 Å². The van der Waals surface area contributed by atoms with Gasteiger partial charge in [0.1, 0.15) is 12.4 Å². The highest BCUT2D eigenvalue weighted by atomic mass is 16.5. The Labute approximate surface area is 153 Å². The van der Waals surface area contributed by atoms with Gasteiger partial charge in [0, 0.05) is 5.39 Å². The summed E-state index contributed by atoms with van der Waals surface area (Å²) in [6.07, 6.45) is 0. The van der Waals surface area contributed by atoms with Crippen LogP contribution in [0, 0.1) is 5.92 Å². The molecule has 0 fully saturated rings. The van der Waals surface area contributed by atoms with E-state index in [0.717, 1.165) is 27.9 Å². The van der Waals surface area contributed by atoms with E-state index in [0.29, 0.717) is 6.61 Å². The molecule has 26 heavy (non-hydrogen) atoms. The maximum absolute atomic E-state index is 12.0. The van der Waals surface area contributed by atoms with Crippen LogP contribution in [0.1, 0.15) is 31.0 Å². The topological polar surface area (TPSA) is 48.4 Å². The lowest BCUT2D eigenvalue weighted by atomic mass is 9.88. The smallest absolute Gasteiger partial charge is 0.313 e. The minimum atomic E-state index is -0.267. The van der Waals surface area contributed by atoms with Crippen LogP contribution in [0.15, 0.2) is 60.7 Å². The molecule has 1 unspecified atom stereocenters. The summed E-state index contributed by atoms with van der Waals surface area (Å²) in [7, 11) is 1.42. The molecule has 134 valence electrons. The van der Waals surface area contributed by atoms with Crippen LogP contribution in [-0.4, -0.2) is 18.1 Å². The van der Waals surface area contributed by atoms with Gasteiger partial charge in [-0.1, -0.05) is 50.2 Å². The fraction of sp³-hybridized carbons (Fsp3) is 0.273. The van der Waals surface area contributed by atoms with Crippen LogP contribution < -0.4 is 4.74 Å². The van der Waals surface area contributed by atoms with Gasteiger partial charge < -0.3 is 9.47 Å². The summed E-state index contributed by atoms with van der Waals surface area (Å²) >= 11 is 0. The van der Waals surface area contributed by atoms with E-state index in [2.05, 4.69) is 4.98 Å². The van der Waals surface area contributed by atoms with E-state index >= 15 is 0 Å². The Morgan fingerprint density at radius 1 is 1.00 bits per heavy atom. The number of methoxy groups -OCH3 is 1. The predicted molar refractivity (Wildman–Crippen MR) is 102 cm³/mol. The highest BCUT2D eigenvalue weighted by Gasteiger charge is 2.24. The largest absolute Gasteiger partial charge is 0.487 e. The number of rotatable bonds is 6. The molecule has 0 spiro atoms. The zero-order valence-corrected chi connectivity index (χ0v) is 15.3. The summed E-state index contributed by atoms with van der Waals surface area (Å²) in [6, 6.07) is 19.6. The first-order valence-electron chi connectivity index (χ1n) is 8.73. The average Bonchev–Trinajstić information content (AvgIpc) is 2.67. The normalized spacial score (nSPS) is 12.2. The fourth-order valence-electron chi connectivity index (χ4n) is 3.04. The summed E-state index contributed by atoms with van der Waals surface area (Å²) in [5.74, 6) is 0.428. The summed E-state index contributed by atoms with van der Waals surface area (Å²) in [5.41, 5.74) is 2.77. The number of pyridine rings is 1. The quantitative estimate of drug-likeness (QED) is 0.604. The van der Waals surface area contributed by atoms with E-state index in [1.807, 2.05) is 74.5 Å². The van der Waals surface area contributed by atoms with Crippen LogP contribution >= 0.6 is 0 Å². The Hall–Kier alpha value is -2.88. The number of nitrogens with zero attached hydrogens (tertiary/aromatic N) is 1. The van der Waals surface area contributed by atoms with E-state index in [-0.39, 0.29) is 17.8 Å². The van der Waals surface area contributed by atoms with Crippen LogP contribution in [0.25, 0.3) is 10.9 Å². The van der Waals surface area contributed by atoms with Crippen LogP contribution in [0.3, 0.4) is 0 Å². The third-order valence-corrected chi connectivity index (χ3v) is 4.40. The monoisotopic (exact) mass is 349 g/mol. The number of hydrogen-bond acceptors (Lipinski definition) is 4. The van der Waals surface area contributed by atoms with Crippen molar-refractivity contribution in [2.24, 2.45) is 5.92 Å². The highest BCUT2D eigenvalue weighted by Crippen LogP contribution is 2.27. The van der Waals surface area contributed by atoms with Crippen molar-refractivity contribution in [2.45, 2.75) is 26.4 Å². The van der Waals surface area contributed by atoms with Crippen molar-refractivity contribution in [3.63, 3.8) is 0 Å². The second kappa shape index (κ2) is 8.00. The summed E-state index contributed by atoms with van der Waals surface area (Å²) < 4.78 is 10.8.